The smallest absolute Gasteiger partial charge is 0.115 e. The molecule has 0 atom stereocenters. The van der Waals surface area contributed by atoms with Gasteiger partial charge >= 0.3 is 0 Å². The first-order valence-corrected chi connectivity index (χ1v) is 10.4. The van der Waals surface area contributed by atoms with E-state index in [9.17, 15) is 15.3 Å². The maximum absolute atomic E-state index is 9.56. The highest BCUT2D eigenvalue weighted by Gasteiger charge is 2.28. The van der Waals surface area contributed by atoms with Crippen molar-refractivity contribution in [2.24, 2.45) is 0 Å². The molecule has 23 heavy (non-hydrogen) atoms. The van der Waals surface area contributed by atoms with Crippen molar-refractivity contribution >= 4 is 23.3 Å². The van der Waals surface area contributed by atoms with E-state index in [1.165, 1.54) is 0 Å². The Bertz CT molecular complexity index is 688. The lowest BCUT2D eigenvalue weighted by atomic mass is 10.3. The molecule has 0 spiro atoms. The van der Waals surface area contributed by atoms with Crippen LogP contribution in [0.15, 0.2) is 87.5 Å². The molecule has 0 aromatic heterocycles. The molecule has 0 aliphatic heterocycles. The molecule has 3 rings (SSSR count). The van der Waals surface area contributed by atoms with Crippen LogP contribution < -0.4 is 0 Å². The van der Waals surface area contributed by atoms with Crippen LogP contribution in [0.5, 0.6) is 17.2 Å². The largest absolute Gasteiger partial charge is 0.508 e. The fraction of sp³-hybridized carbons (Fsp3) is 0. The van der Waals surface area contributed by atoms with E-state index in [1.54, 1.807) is 36.4 Å². The lowest BCUT2D eigenvalue weighted by Gasteiger charge is -2.35. The molecule has 3 nitrogen and oxygen atoms in total. The first-order chi connectivity index (χ1) is 11.0. The van der Waals surface area contributed by atoms with E-state index in [-0.39, 0.29) is 17.2 Å². The minimum Gasteiger partial charge on any atom is -0.508 e. The number of benzene rings is 3. The fourth-order valence-corrected chi connectivity index (χ4v) is 6.60. The highest BCUT2D eigenvalue weighted by atomic mass is 79.9. The number of phenols is 3. The molecule has 0 heterocycles. The van der Waals surface area contributed by atoms with Crippen molar-refractivity contribution in [3.63, 3.8) is 0 Å². The predicted octanol–water partition coefficient (Wildman–Crippen LogP) is 5.40. The highest BCUT2D eigenvalue weighted by molar-refractivity contribution is 9.58. The fourth-order valence-electron chi connectivity index (χ4n) is 2.31. The predicted molar refractivity (Wildman–Crippen MR) is 95.6 cm³/mol. The van der Waals surface area contributed by atoms with Gasteiger partial charge < -0.3 is 15.3 Å². The average molecular weight is 391 g/mol. The molecule has 0 fully saturated rings. The van der Waals surface area contributed by atoms with E-state index in [0.717, 1.165) is 14.7 Å². The van der Waals surface area contributed by atoms with Gasteiger partial charge in [-0.3, -0.25) is 0 Å². The average Bonchev–Trinajstić information content (AvgIpc) is 2.56. The van der Waals surface area contributed by atoms with Crippen molar-refractivity contribution in [1.29, 1.82) is 0 Å². The van der Waals surface area contributed by atoms with Crippen LogP contribution in [0.25, 0.3) is 0 Å². The Morgan fingerprint density at radius 1 is 0.478 bits per heavy atom. The molecule has 0 saturated heterocycles. The summed E-state index contributed by atoms with van der Waals surface area (Å²) in [6.45, 7) is 0. The lowest BCUT2D eigenvalue weighted by molar-refractivity contribution is 0.474. The molecule has 3 aromatic rings. The first-order valence-electron chi connectivity index (χ1n) is 6.90. The van der Waals surface area contributed by atoms with Crippen LogP contribution in [-0.2, 0) is 0 Å². The molecule has 118 valence electrons. The number of phenolic OH excluding ortho intramolecular Hbond substituents is 3. The van der Waals surface area contributed by atoms with Gasteiger partial charge in [0.15, 0.2) is 0 Å². The van der Waals surface area contributed by atoms with Crippen LogP contribution in [0.3, 0.4) is 0 Å². The zero-order valence-electron chi connectivity index (χ0n) is 12.1. The van der Waals surface area contributed by atoms with Crippen LogP contribution in [0.4, 0.5) is 0 Å². The quantitative estimate of drug-likeness (QED) is 0.561. The Labute approximate surface area is 143 Å². The van der Waals surface area contributed by atoms with Gasteiger partial charge in [-0.15, -0.1) is 8.46 Å². The molecule has 0 radical (unpaired) electrons. The van der Waals surface area contributed by atoms with Crippen LogP contribution in [0, 0.1) is 0 Å². The Balaban J connectivity index is 2.21. The van der Waals surface area contributed by atoms with E-state index in [4.69, 9.17) is 0 Å². The third-order valence-electron chi connectivity index (χ3n) is 3.48. The van der Waals surface area contributed by atoms with Gasteiger partial charge in [0.2, 0.25) is 0 Å². The van der Waals surface area contributed by atoms with Gasteiger partial charge in [0, 0.05) is 14.7 Å². The Kier molecular flexibility index (Phi) is 4.24. The van der Waals surface area contributed by atoms with Crippen molar-refractivity contribution in [3.8, 4) is 17.2 Å². The first kappa shape index (κ1) is 15.8. The Morgan fingerprint density at radius 3 is 0.913 bits per heavy atom. The summed E-state index contributed by atoms with van der Waals surface area (Å²) in [6, 6.07) is 21.2. The van der Waals surface area contributed by atoms with Crippen LogP contribution in [-0.4, -0.2) is 15.3 Å². The molecule has 0 bridgehead atoms. The third kappa shape index (κ3) is 3.02. The zero-order valence-corrected chi connectivity index (χ0v) is 14.5. The molecule has 3 aromatic carbocycles. The number of halogens is 1. The minimum absolute atomic E-state index is 0.208. The van der Waals surface area contributed by atoms with Gasteiger partial charge in [-0.05, 0) is 87.6 Å². The van der Waals surface area contributed by atoms with Crippen molar-refractivity contribution in [2.45, 2.75) is 14.7 Å². The maximum Gasteiger partial charge on any atom is 0.115 e. The number of rotatable bonds is 3. The van der Waals surface area contributed by atoms with Crippen molar-refractivity contribution < 1.29 is 15.3 Å². The molecule has 0 aliphatic carbocycles. The summed E-state index contributed by atoms with van der Waals surface area (Å²) in [5.41, 5.74) is 0. The van der Waals surface area contributed by atoms with Crippen molar-refractivity contribution in [1.82, 2.24) is 0 Å². The molecule has 0 amide bonds. The summed E-state index contributed by atoms with van der Waals surface area (Å²) in [6.07, 6.45) is 0. The van der Waals surface area contributed by atoms with Gasteiger partial charge in [-0.1, -0.05) is 0 Å². The SMILES string of the molecule is Oc1ccc(S(Br)(c2ccc(O)cc2)c2ccc(O)cc2)cc1. The molecule has 3 N–H and O–H groups in total. The standard InChI is InChI=1S/C18H15BrO3S/c19-23(16-7-1-13(20)2-8-16,17-9-3-14(21)4-10-17)18-11-5-15(22)6-12-18/h1-12,20-22H. The summed E-state index contributed by atoms with van der Waals surface area (Å²) >= 11 is 3.92. The minimum atomic E-state index is -1.75. The summed E-state index contributed by atoms with van der Waals surface area (Å²) in [7, 11) is -1.75. The van der Waals surface area contributed by atoms with E-state index in [2.05, 4.69) is 14.8 Å². The van der Waals surface area contributed by atoms with Crippen molar-refractivity contribution in [2.75, 3.05) is 0 Å². The monoisotopic (exact) mass is 390 g/mol. The second-order valence-electron chi connectivity index (χ2n) is 5.02. The Morgan fingerprint density at radius 2 is 0.696 bits per heavy atom. The molecule has 0 saturated carbocycles. The topological polar surface area (TPSA) is 60.7 Å². The second-order valence-corrected chi connectivity index (χ2v) is 10.4. The van der Waals surface area contributed by atoms with E-state index < -0.39 is 8.46 Å². The highest BCUT2D eigenvalue weighted by Crippen LogP contribution is 2.74. The normalized spacial score (nSPS) is 12.0. The van der Waals surface area contributed by atoms with Gasteiger partial charge in [-0.2, -0.15) is 0 Å². The van der Waals surface area contributed by atoms with Crippen molar-refractivity contribution in [3.05, 3.63) is 72.8 Å². The van der Waals surface area contributed by atoms with Gasteiger partial charge in [0.05, 0.1) is 0 Å². The molecule has 0 aliphatic rings. The Hall–Kier alpha value is -2.11. The third-order valence-corrected chi connectivity index (χ3v) is 9.61. The zero-order chi connectivity index (χ0) is 16.4. The van der Waals surface area contributed by atoms with Gasteiger partial charge in [0.1, 0.15) is 17.2 Å². The van der Waals surface area contributed by atoms with E-state index >= 15 is 0 Å². The van der Waals surface area contributed by atoms with E-state index in [0.29, 0.717) is 0 Å². The number of hydrogen-bond donors (Lipinski definition) is 3. The number of hydrogen-bond acceptors (Lipinski definition) is 3. The van der Waals surface area contributed by atoms with Crippen LogP contribution >= 0.6 is 23.3 Å². The second kappa shape index (κ2) is 6.18. The molecular formula is C18H15BrO3S. The van der Waals surface area contributed by atoms with E-state index in [1.807, 2.05) is 36.4 Å². The molecule has 5 heteroatoms. The van der Waals surface area contributed by atoms with Crippen LogP contribution in [0.2, 0.25) is 0 Å². The lowest BCUT2D eigenvalue weighted by Crippen LogP contribution is -1.96. The summed E-state index contributed by atoms with van der Waals surface area (Å²) in [5.74, 6) is 0.623. The maximum atomic E-state index is 9.56. The van der Waals surface area contributed by atoms with Gasteiger partial charge in [0.25, 0.3) is 0 Å². The molecule has 0 unspecified atom stereocenters. The molecular weight excluding hydrogens is 376 g/mol. The summed E-state index contributed by atoms with van der Waals surface area (Å²) in [4.78, 5) is 3.02. The summed E-state index contributed by atoms with van der Waals surface area (Å²) < 4.78 is 0. The number of aromatic hydroxyl groups is 3. The summed E-state index contributed by atoms with van der Waals surface area (Å²) in [5, 5.41) is 28.7. The van der Waals surface area contributed by atoms with Gasteiger partial charge in [-0.25, -0.2) is 0 Å². The van der Waals surface area contributed by atoms with Crippen LogP contribution in [0.1, 0.15) is 0 Å².